The van der Waals surface area contributed by atoms with Crippen molar-refractivity contribution in [1.82, 2.24) is 5.32 Å². The van der Waals surface area contributed by atoms with Crippen LogP contribution in [0.4, 0.5) is 5.69 Å². The molecule has 0 heterocycles. The van der Waals surface area contributed by atoms with Crippen molar-refractivity contribution in [3.05, 3.63) is 65.7 Å². The molecule has 0 radical (unpaired) electrons. The van der Waals surface area contributed by atoms with Crippen LogP contribution >= 0.6 is 0 Å². The molecule has 2 aromatic rings. The minimum absolute atomic E-state index is 0.956. The molecule has 2 nitrogen and oxygen atoms in total. The van der Waals surface area contributed by atoms with Crippen LogP contribution in [-0.4, -0.2) is 19.6 Å². The molecular weight excluding hydrogens is 232 g/mol. The second-order valence-electron chi connectivity index (χ2n) is 4.78. The summed E-state index contributed by atoms with van der Waals surface area (Å²) in [5.41, 5.74) is 3.88. The lowest BCUT2D eigenvalue weighted by atomic mass is 10.1. The molecule has 2 N–H and O–H groups in total. The van der Waals surface area contributed by atoms with Crippen molar-refractivity contribution >= 4 is 5.69 Å². The van der Waals surface area contributed by atoms with Gasteiger partial charge in [-0.1, -0.05) is 48.0 Å². The van der Waals surface area contributed by atoms with Crippen LogP contribution in [0.5, 0.6) is 0 Å². The number of hydrogen-bond donors (Lipinski definition) is 2. The monoisotopic (exact) mass is 254 g/mol. The van der Waals surface area contributed by atoms with E-state index in [9.17, 15) is 0 Å². The highest BCUT2D eigenvalue weighted by Crippen LogP contribution is 2.07. The number of hydrogen-bond acceptors (Lipinski definition) is 2. The lowest BCUT2D eigenvalue weighted by Crippen LogP contribution is -2.24. The second-order valence-corrected chi connectivity index (χ2v) is 4.78. The Balaban J connectivity index is 1.56. The van der Waals surface area contributed by atoms with Crippen molar-refractivity contribution in [2.75, 3.05) is 25.0 Å². The maximum atomic E-state index is 3.45. The van der Waals surface area contributed by atoms with Gasteiger partial charge in [-0.15, -0.1) is 0 Å². The quantitative estimate of drug-likeness (QED) is 0.741. The first-order valence-corrected chi connectivity index (χ1v) is 6.90. The summed E-state index contributed by atoms with van der Waals surface area (Å²) < 4.78 is 0. The normalized spacial score (nSPS) is 10.4. The lowest BCUT2D eigenvalue weighted by molar-refractivity contribution is 0.699. The van der Waals surface area contributed by atoms with Crippen molar-refractivity contribution in [3.63, 3.8) is 0 Å². The molecule has 0 aliphatic rings. The zero-order valence-electron chi connectivity index (χ0n) is 11.5. The van der Waals surface area contributed by atoms with Crippen molar-refractivity contribution in [1.29, 1.82) is 0 Å². The standard InChI is InChI=1S/C17H22N2/c1-15-7-9-17(10-8-15)19-14-13-18-12-11-16-5-3-2-4-6-16/h2-10,18-19H,11-14H2,1H3. The molecular formula is C17H22N2. The van der Waals surface area contributed by atoms with E-state index >= 15 is 0 Å². The van der Waals surface area contributed by atoms with Gasteiger partial charge >= 0.3 is 0 Å². The Morgan fingerprint density at radius 3 is 2.26 bits per heavy atom. The predicted octanol–water partition coefficient (Wildman–Crippen LogP) is 3.24. The zero-order valence-corrected chi connectivity index (χ0v) is 11.5. The molecule has 0 aromatic heterocycles. The van der Waals surface area contributed by atoms with Gasteiger partial charge in [-0.05, 0) is 37.6 Å². The lowest BCUT2D eigenvalue weighted by Gasteiger charge is -2.08. The molecule has 0 unspecified atom stereocenters. The highest BCUT2D eigenvalue weighted by atomic mass is 14.9. The Morgan fingerprint density at radius 2 is 1.53 bits per heavy atom. The van der Waals surface area contributed by atoms with Crippen LogP contribution in [0, 0.1) is 6.92 Å². The molecule has 0 aliphatic carbocycles. The fourth-order valence-electron chi connectivity index (χ4n) is 1.97. The van der Waals surface area contributed by atoms with Crippen molar-refractivity contribution in [2.24, 2.45) is 0 Å². The first kappa shape index (κ1) is 13.6. The molecule has 0 saturated heterocycles. The van der Waals surface area contributed by atoms with E-state index < -0.39 is 0 Å². The molecule has 0 spiro atoms. The number of aryl methyl sites for hydroxylation is 1. The summed E-state index contributed by atoms with van der Waals surface area (Å²) in [6.45, 7) is 5.08. The molecule has 2 rings (SSSR count). The average Bonchev–Trinajstić information content (AvgIpc) is 2.46. The number of rotatable bonds is 7. The molecule has 0 atom stereocenters. The van der Waals surface area contributed by atoms with Gasteiger partial charge in [0.2, 0.25) is 0 Å². The Labute approximate surface area is 115 Å². The number of nitrogens with one attached hydrogen (secondary N) is 2. The van der Waals surface area contributed by atoms with Gasteiger partial charge in [0.1, 0.15) is 0 Å². The maximum absolute atomic E-state index is 3.45. The van der Waals surface area contributed by atoms with Gasteiger partial charge in [0, 0.05) is 18.8 Å². The van der Waals surface area contributed by atoms with E-state index in [0.29, 0.717) is 0 Å². The minimum Gasteiger partial charge on any atom is -0.384 e. The van der Waals surface area contributed by atoms with E-state index in [1.165, 1.54) is 16.8 Å². The van der Waals surface area contributed by atoms with Gasteiger partial charge in [0.15, 0.2) is 0 Å². The number of benzene rings is 2. The van der Waals surface area contributed by atoms with Gasteiger partial charge in [-0.25, -0.2) is 0 Å². The average molecular weight is 254 g/mol. The third-order valence-corrected chi connectivity index (χ3v) is 3.12. The van der Waals surface area contributed by atoms with E-state index in [1.807, 2.05) is 0 Å². The minimum atomic E-state index is 0.956. The molecule has 0 aliphatic heterocycles. The van der Waals surface area contributed by atoms with E-state index in [-0.39, 0.29) is 0 Å². The third kappa shape index (κ3) is 5.14. The van der Waals surface area contributed by atoms with Crippen LogP contribution in [0.15, 0.2) is 54.6 Å². The maximum Gasteiger partial charge on any atom is 0.0340 e. The molecule has 19 heavy (non-hydrogen) atoms. The highest BCUT2D eigenvalue weighted by Gasteiger charge is 1.93. The van der Waals surface area contributed by atoms with E-state index in [0.717, 1.165) is 26.1 Å². The van der Waals surface area contributed by atoms with Crippen LogP contribution in [0.1, 0.15) is 11.1 Å². The van der Waals surface area contributed by atoms with Crippen LogP contribution in [0.3, 0.4) is 0 Å². The van der Waals surface area contributed by atoms with E-state index in [2.05, 4.69) is 72.2 Å². The van der Waals surface area contributed by atoms with Crippen molar-refractivity contribution in [2.45, 2.75) is 13.3 Å². The van der Waals surface area contributed by atoms with Gasteiger partial charge in [-0.2, -0.15) is 0 Å². The van der Waals surface area contributed by atoms with Crippen LogP contribution in [0.2, 0.25) is 0 Å². The fourth-order valence-corrected chi connectivity index (χ4v) is 1.97. The number of anilines is 1. The summed E-state index contributed by atoms with van der Waals surface area (Å²) in [4.78, 5) is 0. The fraction of sp³-hybridized carbons (Fsp3) is 0.294. The summed E-state index contributed by atoms with van der Waals surface area (Å²) in [7, 11) is 0. The summed E-state index contributed by atoms with van der Waals surface area (Å²) in [5.74, 6) is 0. The zero-order chi connectivity index (χ0) is 13.3. The van der Waals surface area contributed by atoms with Crippen molar-refractivity contribution in [3.8, 4) is 0 Å². The van der Waals surface area contributed by atoms with Crippen LogP contribution in [-0.2, 0) is 6.42 Å². The van der Waals surface area contributed by atoms with E-state index in [1.54, 1.807) is 0 Å². The summed E-state index contributed by atoms with van der Waals surface area (Å²) in [5, 5.41) is 6.86. The molecule has 0 bridgehead atoms. The molecule has 2 heteroatoms. The summed E-state index contributed by atoms with van der Waals surface area (Å²) in [6.07, 6.45) is 1.09. The van der Waals surface area contributed by atoms with Gasteiger partial charge in [0.05, 0.1) is 0 Å². The van der Waals surface area contributed by atoms with Crippen LogP contribution in [0.25, 0.3) is 0 Å². The highest BCUT2D eigenvalue weighted by molar-refractivity contribution is 5.44. The smallest absolute Gasteiger partial charge is 0.0340 e. The molecule has 0 amide bonds. The molecule has 100 valence electrons. The summed E-state index contributed by atoms with van der Waals surface area (Å²) in [6, 6.07) is 19.1. The largest absolute Gasteiger partial charge is 0.384 e. The van der Waals surface area contributed by atoms with Crippen molar-refractivity contribution < 1.29 is 0 Å². The van der Waals surface area contributed by atoms with Gasteiger partial charge in [-0.3, -0.25) is 0 Å². The molecule has 0 fully saturated rings. The Morgan fingerprint density at radius 1 is 0.789 bits per heavy atom. The summed E-state index contributed by atoms with van der Waals surface area (Å²) >= 11 is 0. The molecule has 2 aromatic carbocycles. The first-order valence-electron chi connectivity index (χ1n) is 6.90. The Bertz CT molecular complexity index is 462. The van der Waals surface area contributed by atoms with Crippen LogP contribution < -0.4 is 10.6 Å². The second kappa shape index (κ2) is 7.59. The van der Waals surface area contributed by atoms with E-state index in [4.69, 9.17) is 0 Å². The SMILES string of the molecule is Cc1ccc(NCCNCCc2ccccc2)cc1. The molecule has 0 saturated carbocycles. The topological polar surface area (TPSA) is 24.1 Å². The third-order valence-electron chi connectivity index (χ3n) is 3.12. The Hall–Kier alpha value is -1.80. The van der Waals surface area contributed by atoms with Gasteiger partial charge < -0.3 is 10.6 Å². The predicted molar refractivity (Wildman–Crippen MR) is 82.7 cm³/mol. The first-order chi connectivity index (χ1) is 9.34. The van der Waals surface area contributed by atoms with Gasteiger partial charge in [0.25, 0.3) is 0 Å². The Kier molecular flexibility index (Phi) is 5.45.